The number of anilines is 1. The van der Waals surface area contributed by atoms with E-state index in [9.17, 15) is 0 Å². The zero-order valence-corrected chi connectivity index (χ0v) is 16.4. The van der Waals surface area contributed by atoms with Crippen molar-refractivity contribution in [1.29, 1.82) is 0 Å². The van der Waals surface area contributed by atoms with Gasteiger partial charge in [-0.05, 0) is 48.9 Å². The molecule has 4 heteroatoms. The first-order chi connectivity index (χ1) is 12.7. The first-order valence-corrected chi connectivity index (χ1v) is 9.93. The Morgan fingerprint density at radius 3 is 2.62 bits per heavy atom. The topological polar surface area (TPSA) is 7.12 Å². The molecule has 0 spiro atoms. The first-order valence-electron chi connectivity index (χ1n) is 8.67. The molecule has 130 valence electrons. The first kappa shape index (κ1) is 17.1. The second-order valence-electron chi connectivity index (χ2n) is 6.23. The molecular formula is C22H20ClN2S+. The van der Waals surface area contributed by atoms with Crippen LogP contribution in [-0.2, 0) is 7.05 Å². The van der Waals surface area contributed by atoms with Crippen molar-refractivity contribution in [1.82, 2.24) is 0 Å². The Labute approximate surface area is 163 Å². The van der Waals surface area contributed by atoms with Gasteiger partial charge >= 0.3 is 0 Å². The number of para-hydroxylation sites is 1. The SMILES string of the molecule is CCN1/C(=C/c2scc(-c3ccc(Cl)cc3)[n+]2C)C=Cc2ccccc21. The van der Waals surface area contributed by atoms with Crippen LogP contribution in [0.4, 0.5) is 5.69 Å². The minimum absolute atomic E-state index is 0.763. The molecule has 0 saturated carbocycles. The van der Waals surface area contributed by atoms with E-state index in [0.29, 0.717) is 0 Å². The van der Waals surface area contributed by atoms with E-state index in [1.54, 1.807) is 11.3 Å². The smallest absolute Gasteiger partial charge is 0.264 e. The van der Waals surface area contributed by atoms with E-state index in [-0.39, 0.29) is 0 Å². The number of fused-ring (bicyclic) bond motifs is 1. The third-order valence-electron chi connectivity index (χ3n) is 4.68. The van der Waals surface area contributed by atoms with E-state index in [1.165, 1.54) is 33.2 Å². The maximum Gasteiger partial charge on any atom is 0.264 e. The van der Waals surface area contributed by atoms with Gasteiger partial charge in [0.05, 0.1) is 5.38 Å². The summed E-state index contributed by atoms with van der Waals surface area (Å²) in [6.07, 6.45) is 6.66. The molecule has 0 saturated heterocycles. The Morgan fingerprint density at radius 2 is 1.85 bits per heavy atom. The van der Waals surface area contributed by atoms with Crippen molar-refractivity contribution in [2.24, 2.45) is 7.05 Å². The third-order valence-corrected chi connectivity index (χ3v) is 5.91. The molecule has 0 atom stereocenters. The number of allylic oxidation sites excluding steroid dienone is 1. The fourth-order valence-electron chi connectivity index (χ4n) is 3.29. The van der Waals surface area contributed by atoms with Crippen LogP contribution in [0.2, 0.25) is 5.02 Å². The number of aromatic nitrogens is 1. The molecule has 0 aliphatic carbocycles. The van der Waals surface area contributed by atoms with Gasteiger partial charge in [0.15, 0.2) is 0 Å². The molecule has 0 unspecified atom stereocenters. The highest BCUT2D eigenvalue weighted by Crippen LogP contribution is 2.32. The van der Waals surface area contributed by atoms with Crippen LogP contribution in [0.1, 0.15) is 17.5 Å². The Balaban J connectivity index is 1.72. The largest absolute Gasteiger partial charge is 0.341 e. The predicted molar refractivity (Wildman–Crippen MR) is 112 cm³/mol. The lowest BCUT2D eigenvalue weighted by Crippen LogP contribution is -2.32. The van der Waals surface area contributed by atoms with Gasteiger partial charge in [-0.15, -0.1) is 0 Å². The van der Waals surface area contributed by atoms with Gasteiger partial charge in [0, 0.05) is 34.6 Å². The van der Waals surface area contributed by atoms with Crippen molar-refractivity contribution in [3.8, 4) is 11.3 Å². The molecule has 2 aromatic carbocycles. The van der Waals surface area contributed by atoms with Gasteiger partial charge in [-0.3, -0.25) is 0 Å². The molecule has 1 aliphatic rings. The summed E-state index contributed by atoms with van der Waals surface area (Å²) >= 11 is 7.78. The van der Waals surface area contributed by atoms with Crippen LogP contribution in [-0.4, -0.2) is 6.54 Å². The summed E-state index contributed by atoms with van der Waals surface area (Å²) in [5.41, 5.74) is 6.12. The summed E-state index contributed by atoms with van der Waals surface area (Å²) in [5, 5.41) is 4.18. The van der Waals surface area contributed by atoms with E-state index in [2.05, 4.69) is 83.4 Å². The van der Waals surface area contributed by atoms with Crippen LogP contribution in [0.5, 0.6) is 0 Å². The molecule has 0 radical (unpaired) electrons. The molecular weight excluding hydrogens is 360 g/mol. The van der Waals surface area contributed by atoms with E-state index >= 15 is 0 Å². The van der Waals surface area contributed by atoms with Crippen LogP contribution in [0.15, 0.2) is 65.7 Å². The maximum atomic E-state index is 6.02. The van der Waals surface area contributed by atoms with Gasteiger partial charge in [0.25, 0.3) is 5.01 Å². The third kappa shape index (κ3) is 3.09. The fourth-order valence-corrected chi connectivity index (χ4v) is 4.39. The molecule has 3 aromatic rings. The van der Waals surface area contributed by atoms with Crippen LogP contribution in [0.25, 0.3) is 23.4 Å². The summed E-state index contributed by atoms with van der Waals surface area (Å²) in [6.45, 7) is 3.13. The molecule has 1 aromatic heterocycles. The Morgan fingerprint density at radius 1 is 1.08 bits per heavy atom. The highest BCUT2D eigenvalue weighted by molar-refractivity contribution is 7.10. The second kappa shape index (κ2) is 7.10. The van der Waals surface area contributed by atoms with Crippen molar-refractivity contribution in [2.45, 2.75) is 6.92 Å². The lowest BCUT2D eigenvalue weighted by Gasteiger charge is -2.28. The molecule has 0 fully saturated rings. The van der Waals surface area contributed by atoms with Gasteiger partial charge < -0.3 is 4.90 Å². The zero-order chi connectivity index (χ0) is 18.1. The minimum atomic E-state index is 0.763. The molecule has 1 aliphatic heterocycles. The number of likely N-dealkylation sites (N-methyl/N-ethyl adjacent to an activating group) is 1. The fraction of sp³-hybridized carbons (Fsp3) is 0.136. The van der Waals surface area contributed by atoms with Crippen LogP contribution >= 0.6 is 22.9 Å². The van der Waals surface area contributed by atoms with E-state index in [1.807, 2.05) is 12.1 Å². The van der Waals surface area contributed by atoms with E-state index in [0.717, 1.165) is 11.6 Å². The molecule has 2 heterocycles. The molecule has 4 rings (SSSR count). The van der Waals surface area contributed by atoms with Crippen LogP contribution in [0, 0.1) is 0 Å². The average molecular weight is 380 g/mol. The Bertz CT molecular complexity index is 999. The summed E-state index contributed by atoms with van der Waals surface area (Å²) in [7, 11) is 2.11. The second-order valence-corrected chi connectivity index (χ2v) is 7.56. The lowest BCUT2D eigenvalue weighted by atomic mass is 10.1. The van der Waals surface area contributed by atoms with Gasteiger partial charge in [0.1, 0.15) is 7.05 Å². The Hall–Kier alpha value is -2.36. The monoisotopic (exact) mass is 379 g/mol. The van der Waals surface area contributed by atoms with E-state index in [4.69, 9.17) is 11.6 Å². The number of benzene rings is 2. The summed E-state index contributed by atoms with van der Waals surface area (Å²) < 4.78 is 2.24. The highest BCUT2D eigenvalue weighted by atomic mass is 35.5. The zero-order valence-electron chi connectivity index (χ0n) is 14.8. The molecule has 0 amide bonds. The van der Waals surface area contributed by atoms with Crippen LogP contribution in [0.3, 0.4) is 0 Å². The normalized spacial score (nSPS) is 14.7. The van der Waals surface area contributed by atoms with Crippen molar-refractivity contribution < 1.29 is 4.57 Å². The van der Waals surface area contributed by atoms with Gasteiger partial charge in [-0.1, -0.05) is 47.2 Å². The van der Waals surface area contributed by atoms with Crippen molar-refractivity contribution in [3.05, 3.63) is 81.3 Å². The number of rotatable bonds is 3. The van der Waals surface area contributed by atoms with E-state index < -0.39 is 0 Å². The Kier molecular flexibility index (Phi) is 4.66. The number of hydrogen-bond acceptors (Lipinski definition) is 2. The van der Waals surface area contributed by atoms with Gasteiger partial charge in [-0.2, -0.15) is 4.57 Å². The van der Waals surface area contributed by atoms with Gasteiger partial charge in [0.2, 0.25) is 5.69 Å². The molecule has 0 N–H and O–H groups in total. The summed E-state index contributed by atoms with van der Waals surface area (Å²) in [4.78, 5) is 2.36. The minimum Gasteiger partial charge on any atom is -0.341 e. The van der Waals surface area contributed by atoms with Crippen molar-refractivity contribution in [3.63, 3.8) is 0 Å². The average Bonchev–Trinajstić information content (AvgIpc) is 3.03. The van der Waals surface area contributed by atoms with Crippen LogP contribution < -0.4 is 9.47 Å². The van der Waals surface area contributed by atoms with Crippen molar-refractivity contribution >= 4 is 40.8 Å². The quantitative estimate of drug-likeness (QED) is 0.522. The standard InChI is InChI=1S/C22H20ClN2S/c1-3-25-19(13-10-16-6-4-5-7-20(16)25)14-22-24(2)21(15-26-22)17-8-11-18(23)12-9-17/h4-15H,3H2,1-2H3/q+1. The number of thiazole rings is 1. The highest BCUT2D eigenvalue weighted by Gasteiger charge is 2.20. The molecule has 26 heavy (non-hydrogen) atoms. The summed E-state index contributed by atoms with van der Waals surface area (Å²) in [6, 6.07) is 16.5. The maximum absolute atomic E-state index is 6.02. The predicted octanol–water partition coefficient (Wildman–Crippen LogP) is 5.79. The lowest BCUT2D eigenvalue weighted by molar-refractivity contribution is -0.657. The molecule has 0 bridgehead atoms. The molecule has 2 nitrogen and oxygen atoms in total. The number of nitrogens with zero attached hydrogens (tertiary/aromatic N) is 2. The van der Waals surface area contributed by atoms with Crippen molar-refractivity contribution in [2.75, 3.05) is 11.4 Å². The number of halogens is 1. The number of hydrogen-bond donors (Lipinski definition) is 0. The summed E-state index contributed by atoms with van der Waals surface area (Å²) in [5.74, 6) is 0. The van der Waals surface area contributed by atoms with Gasteiger partial charge in [-0.25, -0.2) is 0 Å².